The third kappa shape index (κ3) is 3.14. The van der Waals surface area contributed by atoms with Crippen LogP contribution in [0.2, 0.25) is 0 Å². The minimum Gasteiger partial charge on any atom is -0.363 e. The van der Waals surface area contributed by atoms with E-state index in [-0.39, 0.29) is 18.1 Å². The monoisotopic (exact) mass is 360 g/mol. The average molecular weight is 360 g/mol. The number of nitrogens with one attached hydrogen (secondary N) is 4. The molecular weight excluding hydrogens is 336 g/mol. The Bertz CT molecular complexity index is 954. The van der Waals surface area contributed by atoms with E-state index in [1.807, 2.05) is 30.5 Å². The van der Waals surface area contributed by atoms with Crippen LogP contribution in [0.15, 0.2) is 54.7 Å². The zero-order chi connectivity index (χ0) is 18.2. The average Bonchev–Trinajstić information content (AvgIpc) is 3.34. The first-order valence-electron chi connectivity index (χ1n) is 9.76. The van der Waals surface area contributed by atoms with Gasteiger partial charge < -0.3 is 20.9 Å². The van der Waals surface area contributed by atoms with Gasteiger partial charge in [-0.15, -0.1) is 0 Å². The number of carbonyl (C=O) groups is 1. The summed E-state index contributed by atoms with van der Waals surface area (Å²) in [5.74, 6) is 0.523. The van der Waals surface area contributed by atoms with Gasteiger partial charge in [0.1, 0.15) is 0 Å². The Balaban J connectivity index is 1.24. The summed E-state index contributed by atoms with van der Waals surface area (Å²) >= 11 is 0. The van der Waals surface area contributed by atoms with E-state index in [1.165, 1.54) is 17.8 Å². The Morgan fingerprint density at radius 3 is 2.63 bits per heavy atom. The molecule has 0 spiro atoms. The molecule has 138 valence electrons. The van der Waals surface area contributed by atoms with E-state index in [9.17, 15) is 4.79 Å². The zero-order valence-corrected chi connectivity index (χ0v) is 15.2. The largest absolute Gasteiger partial charge is 0.363 e. The number of hydrogen-bond acceptors (Lipinski definition) is 3. The van der Waals surface area contributed by atoms with Crippen LogP contribution < -0.4 is 16.0 Å². The van der Waals surface area contributed by atoms with Gasteiger partial charge in [-0.2, -0.15) is 0 Å². The lowest BCUT2D eigenvalue weighted by atomic mass is 9.83. The van der Waals surface area contributed by atoms with Crippen LogP contribution in [0, 0.1) is 5.92 Å². The van der Waals surface area contributed by atoms with Crippen LogP contribution in [-0.2, 0) is 0 Å². The topological polar surface area (TPSA) is 69.0 Å². The number of H-pyrrole nitrogens is 1. The normalized spacial score (nSPS) is 22.1. The minimum absolute atomic E-state index is 0.0211. The van der Waals surface area contributed by atoms with Crippen molar-refractivity contribution in [1.82, 2.24) is 10.3 Å². The fourth-order valence-corrected chi connectivity index (χ4v) is 4.46. The van der Waals surface area contributed by atoms with Crippen LogP contribution in [-0.4, -0.2) is 23.1 Å². The van der Waals surface area contributed by atoms with Gasteiger partial charge >= 0.3 is 0 Å². The Kier molecular flexibility index (Phi) is 4.00. The summed E-state index contributed by atoms with van der Waals surface area (Å²) in [6.45, 7) is 0. The predicted molar refractivity (Wildman–Crippen MR) is 109 cm³/mol. The van der Waals surface area contributed by atoms with E-state index < -0.39 is 0 Å². The highest BCUT2D eigenvalue weighted by atomic mass is 16.1. The standard InChI is InChI=1S/C22H24N4O/c27-22(16-9-8-14-10-11-23-20(14)13-16)24-17-5-3-4-15(12-17)21-25-18-6-1-2-7-19(18)26-21/h1-2,6-11,13,15,17,21,23,25-26H,3-5,12H2,(H,24,27). The molecule has 4 N–H and O–H groups in total. The Hall–Kier alpha value is -2.95. The van der Waals surface area contributed by atoms with Gasteiger partial charge in [0.2, 0.25) is 0 Å². The first-order chi connectivity index (χ1) is 13.3. The molecule has 27 heavy (non-hydrogen) atoms. The molecule has 5 nitrogen and oxygen atoms in total. The highest BCUT2D eigenvalue weighted by Gasteiger charge is 2.32. The lowest BCUT2D eigenvalue weighted by molar-refractivity contribution is 0.0918. The van der Waals surface area contributed by atoms with Crippen LogP contribution in [0.3, 0.4) is 0 Å². The van der Waals surface area contributed by atoms with Crippen molar-refractivity contribution in [3.05, 3.63) is 60.3 Å². The van der Waals surface area contributed by atoms with Gasteiger partial charge in [0.15, 0.2) is 0 Å². The molecule has 2 aromatic carbocycles. The molecule has 2 unspecified atom stereocenters. The third-order valence-electron chi connectivity index (χ3n) is 5.89. The number of anilines is 2. The maximum Gasteiger partial charge on any atom is 0.251 e. The number of aromatic amines is 1. The van der Waals surface area contributed by atoms with Crippen LogP contribution in [0.4, 0.5) is 11.4 Å². The molecule has 1 fully saturated rings. The molecule has 1 amide bonds. The number of aromatic nitrogens is 1. The van der Waals surface area contributed by atoms with Gasteiger partial charge in [0, 0.05) is 23.3 Å². The van der Waals surface area contributed by atoms with Crippen LogP contribution in [0.25, 0.3) is 10.9 Å². The Labute approximate surface area is 158 Å². The fraction of sp³-hybridized carbons (Fsp3) is 0.318. The molecular formula is C22H24N4O. The first-order valence-corrected chi connectivity index (χ1v) is 9.76. The second-order valence-corrected chi connectivity index (χ2v) is 7.69. The maximum atomic E-state index is 12.7. The molecule has 1 aliphatic heterocycles. The summed E-state index contributed by atoms with van der Waals surface area (Å²) in [5, 5.41) is 11.6. The summed E-state index contributed by atoms with van der Waals surface area (Å²) in [4.78, 5) is 15.9. The van der Waals surface area contributed by atoms with Crippen molar-refractivity contribution < 1.29 is 4.79 Å². The highest BCUT2D eigenvalue weighted by molar-refractivity contribution is 5.98. The number of fused-ring (bicyclic) bond motifs is 2. The van der Waals surface area contributed by atoms with Gasteiger partial charge in [-0.25, -0.2) is 0 Å². The second-order valence-electron chi connectivity index (χ2n) is 7.69. The summed E-state index contributed by atoms with van der Waals surface area (Å²) in [6, 6.07) is 16.4. The number of benzene rings is 2. The smallest absolute Gasteiger partial charge is 0.251 e. The van der Waals surface area contributed by atoms with Crippen LogP contribution in [0.1, 0.15) is 36.0 Å². The van der Waals surface area contributed by atoms with Crippen LogP contribution in [0.5, 0.6) is 0 Å². The van der Waals surface area contributed by atoms with Gasteiger partial charge in [0.05, 0.1) is 17.5 Å². The van der Waals surface area contributed by atoms with Crippen molar-refractivity contribution in [2.75, 3.05) is 10.6 Å². The second kappa shape index (κ2) is 6.65. The van der Waals surface area contributed by atoms with Crippen molar-refractivity contribution in [1.29, 1.82) is 0 Å². The third-order valence-corrected chi connectivity index (χ3v) is 5.89. The van der Waals surface area contributed by atoms with Gasteiger partial charge in [-0.1, -0.05) is 24.6 Å². The molecule has 0 radical (unpaired) electrons. The van der Waals surface area contributed by atoms with E-state index in [0.29, 0.717) is 5.92 Å². The molecule has 3 aromatic rings. The quantitative estimate of drug-likeness (QED) is 0.562. The molecule has 0 saturated heterocycles. The Morgan fingerprint density at radius 2 is 1.81 bits per heavy atom. The molecule has 2 aliphatic rings. The van der Waals surface area contributed by atoms with Crippen LogP contribution >= 0.6 is 0 Å². The van der Waals surface area contributed by atoms with Crippen molar-refractivity contribution in [2.24, 2.45) is 5.92 Å². The Morgan fingerprint density at radius 1 is 1.00 bits per heavy atom. The molecule has 1 aromatic heterocycles. The van der Waals surface area contributed by atoms with E-state index in [1.54, 1.807) is 0 Å². The number of hydrogen-bond donors (Lipinski definition) is 4. The first kappa shape index (κ1) is 16.2. The summed E-state index contributed by atoms with van der Waals surface area (Å²) in [6.07, 6.45) is 6.51. The lowest BCUT2D eigenvalue weighted by Gasteiger charge is -2.33. The number of para-hydroxylation sites is 2. The predicted octanol–water partition coefficient (Wildman–Crippen LogP) is 4.32. The molecule has 5 rings (SSSR count). The summed E-state index contributed by atoms with van der Waals surface area (Å²) in [7, 11) is 0. The molecule has 2 atom stereocenters. The van der Waals surface area contributed by atoms with Crippen molar-refractivity contribution >= 4 is 28.2 Å². The van der Waals surface area contributed by atoms with E-state index in [2.05, 4.69) is 45.2 Å². The zero-order valence-electron chi connectivity index (χ0n) is 15.2. The van der Waals surface area contributed by atoms with Crippen molar-refractivity contribution in [3.8, 4) is 0 Å². The number of carbonyl (C=O) groups excluding carboxylic acids is 1. The van der Waals surface area contributed by atoms with E-state index in [4.69, 9.17) is 0 Å². The molecule has 5 heteroatoms. The number of rotatable bonds is 3. The van der Waals surface area contributed by atoms with Gasteiger partial charge in [-0.05, 0) is 60.9 Å². The summed E-state index contributed by atoms with van der Waals surface area (Å²) in [5.41, 5.74) is 4.07. The van der Waals surface area contributed by atoms with E-state index in [0.717, 1.165) is 35.7 Å². The van der Waals surface area contributed by atoms with Crippen molar-refractivity contribution in [2.45, 2.75) is 37.9 Å². The molecule has 1 saturated carbocycles. The SMILES string of the molecule is O=C(NC1CCCC(C2Nc3ccccc3N2)C1)c1ccc2cc[nH]c2c1. The fourth-order valence-electron chi connectivity index (χ4n) is 4.46. The summed E-state index contributed by atoms with van der Waals surface area (Å²) < 4.78 is 0. The maximum absolute atomic E-state index is 12.7. The van der Waals surface area contributed by atoms with E-state index >= 15 is 0 Å². The highest BCUT2D eigenvalue weighted by Crippen LogP contribution is 2.36. The minimum atomic E-state index is 0.0211. The molecule has 0 bridgehead atoms. The van der Waals surface area contributed by atoms with Gasteiger partial charge in [-0.3, -0.25) is 4.79 Å². The number of amides is 1. The lowest BCUT2D eigenvalue weighted by Crippen LogP contribution is -2.43. The molecule has 1 aliphatic carbocycles. The van der Waals surface area contributed by atoms with Gasteiger partial charge in [0.25, 0.3) is 5.91 Å². The molecule has 2 heterocycles. The van der Waals surface area contributed by atoms with Crippen molar-refractivity contribution in [3.63, 3.8) is 0 Å².